The van der Waals surface area contributed by atoms with Crippen molar-refractivity contribution in [1.29, 1.82) is 0 Å². The largest absolute Gasteiger partial charge is 0.390 e. The van der Waals surface area contributed by atoms with Gasteiger partial charge in [0.05, 0.1) is 5.60 Å². The Morgan fingerprint density at radius 3 is 2.31 bits per heavy atom. The molecule has 0 aromatic heterocycles. The Morgan fingerprint density at radius 1 is 1.23 bits per heavy atom. The first-order valence-corrected chi connectivity index (χ1v) is 5.66. The lowest BCUT2D eigenvalue weighted by molar-refractivity contribution is -0.0618. The van der Waals surface area contributed by atoms with Gasteiger partial charge in [-0.15, -0.1) is 0 Å². The lowest BCUT2D eigenvalue weighted by Crippen LogP contribution is -2.42. The van der Waals surface area contributed by atoms with Gasteiger partial charge in [0, 0.05) is 0 Å². The molecule has 0 amide bonds. The van der Waals surface area contributed by atoms with Crippen molar-refractivity contribution in [3.63, 3.8) is 0 Å². The fraction of sp³-hybridized carbons (Fsp3) is 1.00. The molecule has 1 saturated carbocycles. The van der Waals surface area contributed by atoms with Gasteiger partial charge in [-0.05, 0) is 37.0 Å². The predicted molar refractivity (Wildman–Crippen MR) is 56.7 cm³/mol. The summed E-state index contributed by atoms with van der Waals surface area (Å²) in [6.07, 6.45) is 5.30. The van der Waals surface area contributed by atoms with Crippen molar-refractivity contribution in [2.75, 3.05) is 0 Å². The van der Waals surface area contributed by atoms with Crippen LogP contribution in [0.2, 0.25) is 0 Å². The molecule has 1 aliphatic carbocycles. The summed E-state index contributed by atoms with van der Waals surface area (Å²) in [6.45, 7) is 9.03. The molecule has 1 nitrogen and oxygen atoms in total. The number of hydrogen-bond acceptors (Lipinski definition) is 1. The van der Waals surface area contributed by atoms with Crippen molar-refractivity contribution in [1.82, 2.24) is 0 Å². The van der Waals surface area contributed by atoms with Gasteiger partial charge in [0.1, 0.15) is 0 Å². The van der Waals surface area contributed by atoms with Gasteiger partial charge in [0.15, 0.2) is 0 Å². The van der Waals surface area contributed by atoms with Gasteiger partial charge in [-0.1, -0.05) is 34.1 Å². The molecule has 0 aliphatic heterocycles. The second-order valence-corrected chi connectivity index (χ2v) is 5.38. The molecule has 13 heavy (non-hydrogen) atoms. The molecule has 0 spiro atoms. The molecule has 1 fully saturated rings. The van der Waals surface area contributed by atoms with Gasteiger partial charge in [0.25, 0.3) is 0 Å². The van der Waals surface area contributed by atoms with Gasteiger partial charge >= 0.3 is 0 Å². The zero-order valence-corrected chi connectivity index (χ0v) is 9.56. The zero-order valence-electron chi connectivity index (χ0n) is 9.56. The molecule has 2 atom stereocenters. The maximum atomic E-state index is 10.2. The lowest BCUT2D eigenvalue weighted by atomic mass is 9.62. The monoisotopic (exact) mass is 184 g/mol. The van der Waals surface area contributed by atoms with E-state index in [1.165, 1.54) is 12.8 Å². The molecule has 0 unspecified atom stereocenters. The first kappa shape index (κ1) is 11.0. The first-order valence-electron chi connectivity index (χ1n) is 5.66. The molecule has 78 valence electrons. The van der Waals surface area contributed by atoms with E-state index in [-0.39, 0.29) is 5.60 Å². The number of hydrogen-bond donors (Lipinski definition) is 1. The Labute approximate surface area is 82.5 Å². The molecule has 0 radical (unpaired) electrons. The van der Waals surface area contributed by atoms with Crippen LogP contribution in [0.5, 0.6) is 0 Å². The van der Waals surface area contributed by atoms with Crippen molar-refractivity contribution in [3.8, 4) is 0 Å². The minimum Gasteiger partial charge on any atom is -0.390 e. The Morgan fingerprint density at radius 2 is 1.85 bits per heavy atom. The van der Waals surface area contributed by atoms with Crippen molar-refractivity contribution in [2.24, 2.45) is 11.3 Å². The summed E-state index contributed by atoms with van der Waals surface area (Å²) in [7, 11) is 0. The summed E-state index contributed by atoms with van der Waals surface area (Å²) in [5, 5.41) is 10.2. The van der Waals surface area contributed by atoms with E-state index in [0.29, 0.717) is 11.3 Å². The molecule has 0 aromatic rings. The van der Waals surface area contributed by atoms with E-state index in [9.17, 15) is 5.11 Å². The Bertz CT molecular complexity index is 174. The summed E-state index contributed by atoms with van der Waals surface area (Å²) in [6, 6.07) is 0. The topological polar surface area (TPSA) is 20.2 Å². The number of rotatable bonds is 2. The third kappa shape index (κ3) is 2.25. The van der Waals surface area contributed by atoms with E-state index < -0.39 is 0 Å². The number of aliphatic hydroxyl groups is 1. The van der Waals surface area contributed by atoms with E-state index in [0.717, 1.165) is 19.3 Å². The molecule has 1 rings (SSSR count). The van der Waals surface area contributed by atoms with E-state index in [1.54, 1.807) is 0 Å². The molecule has 0 aromatic carbocycles. The van der Waals surface area contributed by atoms with Crippen LogP contribution in [-0.2, 0) is 0 Å². The highest BCUT2D eigenvalue weighted by Crippen LogP contribution is 2.47. The van der Waals surface area contributed by atoms with Crippen LogP contribution in [0.3, 0.4) is 0 Å². The Balaban J connectivity index is 2.68. The standard InChI is InChI=1S/C12H24O/c1-5-10-9-12(13,6-2)8-7-11(10,3)4/h10,13H,5-9H2,1-4H3/t10-,12-/m0/s1. The maximum absolute atomic E-state index is 10.2. The van der Waals surface area contributed by atoms with Crippen LogP contribution in [0.25, 0.3) is 0 Å². The molecular formula is C12H24O. The van der Waals surface area contributed by atoms with E-state index in [1.807, 2.05) is 0 Å². The summed E-state index contributed by atoms with van der Waals surface area (Å²) >= 11 is 0. The van der Waals surface area contributed by atoms with Gasteiger partial charge in [-0.3, -0.25) is 0 Å². The third-order valence-electron chi connectivity index (χ3n) is 4.12. The normalized spacial score (nSPS) is 39.0. The van der Waals surface area contributed by atoms with E-state index in [4.69, 9.17) is 0 Å². The minimum atomic E-state index is -0.351. The highest BCUT2D eigenvalue weighted by molar-refractivity contribution is 4.93. The van der Waals surface area contributed by atoms with Crippen LogP contribution < -0.4 is 0 Å². The quantitative estimate of drug-likeness (QED) is 0.697. The average molecular weight is 184 g/mol. The SMILES string of the molecule is CC[C@H]1C[C@](O)(CC)CCC1(C)C. The van der Waals surface area contributed by atoms with Gasteiger partial charge in [-0.25, -0.2) is 0 Å². The van der Waals surface area contributed by atoms with Crippen molar-refractivity contribution in [3.05, 3.63) is 0 Å². The minimum absolute atomic E-state index is 0.351. The highest BCUT2D eigenvalue weighted by Gasteiger charge is 2.41. The van der Waals surface area contributed by atoms with Gasteiger partial charge in [0.2, 0.25) is 0 Å². The second-order valence-electron chi connectivity index (χ2n) is 5.38. The van der Waals surface area contributed by atoms with Crippen molar-refractivity contribution in [2.45, 2.75) is 65.4 Å². The first-order chi connectivity index (χ1) is 5.93. The molecule has 0 bridgehead atoms. The molecule has 0 heterocycles. The molecule has 0 saturated heterocycles. The second kappa shape index (κ2) is 3.61. The smallest absolute Gasteiger partial charge is 0.0648 e. The molecule has 1 N–H and O–H groups in total. The highest BCUT2D eigenvalue weighted by atomic mass is 16.3. The van der Waals surface area contributed by atoms with E-state index >= 15 is 0 Å². The predicted octanol–water partition coefficient (Wildman–Crippen LogP) is 3.36. The molecule has 1 aliphatic rings. The molecular weight excluding hydrogens is 160 g/mol. The summed E-state index contributed by atoms with van der Waals surface area (Å²) < 4.78 is 0. The van der Waals surface area contributed by atoms with Gasteiger partial charge in [-0.2, -0.15) is 0 Å². The van der Waals surface area contributed by atoms with Crippen LogP contribution in [0.4, 0.5) is 0 Å². The fourth-order valence-corrected chi connectivity index (χ4v) is 2.61. The van der Waals surface area contributed by atoms with Crippen LogP contribution in [-0.4, -0.2) is 10.7 Å². The van der Waals surface area contributed by atoms with Crippen LogP contribution in [0.15, 0.2) is 0 Å². The van der Waals surface area contributed by atoms with Crippen LogP contribution in [0, 0.1) is 11.3 Å². The van der Waals surface area contributed by atoms with Gasteiger partial charge < -0.3 is 5.11 Å². The fourth-order valence-electron chi connectivity index (χ4n) is 2.61. The maximum Gasteiger partial charge on any atom is 0.0648 e. The molecule has 1 heteroatoms. The lowest BCUT2D eigenvalue weighted by Gasteiger charge is -2.46. The van der Waals surface area contributed by atoms with Crippen LogP contribution >= 0.6 is 0 Å². The Kier molecular flexibility index (Phi) is 3.06. The third-order valence-corrected chi connectivity index (χ3v) is 4.12. The summed E-state index contributed by atoms with van der Waals surface area (Å²) in [4.78, 5) is 0. The van der Waals surface area contributed by atoms with E-state index in [2.05, 4.69) is 27.7 Å². The van der Waals surface area contributed by atoms with Crippen molar-refractivity contribution >= 4 is 0 Å². The van der Waals surface area contributed by atoms with Crippen molar-refractivity contribution < 1.29 is 5.11 Å². The Hall–Kier alpha value is -0.0400. The zero-order chi connectivity index (χ0) is 10.1. The average Bonchev–Trinajstić information content (AvgIpc) is 2.10. The van der Waals surface area contributed by atoms with Crippen LogP contribution in [0.1, 0.15) is 59.8 Å². The summed E-state index contributed by atoms with van der Waals surface area (Å²) in [5.74, 6) is 0.700. The summed E-state index contributed by atoms with van der Waals surface area (Å²) in [5.41, 5.74) is 0.0896.